The van der Waals surface area contributed by atoms with Gasteiger partial charge in [-0.2, -0.15) is 0 Å². The molecule has 15 nitrogen and oxygen atoms in total. The Labute approximate surface area is 321 Å². The van der Waals surface area contributed by atoms with E-state index in [9.17, 15) is 42.3 Å². The number of phenols is 1. The summed E-state index contributed by atoms with van der Waals surface area (Å²) in [6.45, 7) is -1.77. The predicted octanol–water partition coefficient (Wildman–Crippen LogP) is 1.44. The molecule has 1 heterocycles. The van der Waals surface area contributed by atoms with Crippen molar-refractivity contribution in [3.63, 3.8) is 0 Å². The summed E-state index contributed by atoms with van der Waals surface area (Å²) in [4.78, 5) is 79.7. The minimum absolute atomic E-state index is 0.111. The number of Topliss-reactive ketones (excluding diaryl/α,β-unsaturated/α-hetero) is 1. The summed E-state index contributed by atoms with van der Waals surface area (Å²) in [6, 6.07) is 22.3. The molecule has 7 N–H and O–H groups in total. The maximum absolute atomic E-state index is 13.8. The number of nitrogens with zero attached hydrogens (tertiary/aromatic N) is 1. The van der Waals surface area contributed by atoms with E-state index in [1.165, 1.54) is 19.2 Å². The predicted molar refractivity (Wildman–Crippen MR) is 203 cm³/mol. The lowest BCUT2D eigenvalue weighted by Crippen LogP contribution is -2.52. The SMILES string of the molecule is CN(C(=O)CNC(=O)c1ccc(-c2ccc(Cl)cc2)cc1)C1C(=O)NCC(=O)NC(C(=O)NCC(=O)CS(N)(=O)=O)Cc2ccc(O)c(c2)-c2cccc1c2. The first-order valence-electron chi connectivity index (χ1n) is 16.8. The van der Waals surface area contributed by atoms with Gasteiger partial charge in [-0.15, -0.1) is 0 Å². The maximum Gasteiger partial charge on any atom is 0.251 e. The van der Waals surface area contributed by atoms with Gasteiger partial charge in [-0.1, -0.05) is 60.1 Å². The maximum atomic E-state index is 13.8. The molecule has 0 radical (unpaired) electrons. The number of halogens is 1. The van der Waals surface area contributed by atoms with Crippen molar-refractivity contribution in [2.24, 2.45) is 5.14 Å². The van der Waals surface area contributed by atoms with Crippen molar-refractivity contribution >= 4 is 56.9 Å². The van der Waals surface area contributed by atoms with Crippen LogP contribution in [0.5, 0.6) is 5.75 Å². The number of phenolic OH excluding ortho intramolecular Hbond substituents is 1. The molecule has 1 aliphatic rings. The summed E-state index contributed by atoms with van der Waals surface area (Å²) < 4.78 is 22.6. The van der Waals surface area contributed by atoms with Gasteiger partial charge in [0.1, 0.15) is 23.6 Å². The fraction of sp³-hybridized carbons (Fsp3) is 0.211. The van der Waals surface area contributed by atoms with Gasteiger partial charge in [0.2, 0.25) is 33.7 Å². The highest BCUT2D eigenvalue weighted by molar-refractivity contribution is 7.89. The molecule has 5 rings (SSSR count). The zero-order chi connectivity index (χ0) is 39.9. The van der Waals surface area contributed by atoms with Gasteiger partial charge in [-0.05, 0) is 70.3 Å². The van der Waals surface area contributed by atoms with Crippen LogP contribution in [0, 0.1) is 0 Å². The van der Waals surface area contributed by atoms with E-state index in [0.29, 0.717) is 32.8 Å². The topological polar surface area (TPSA) is 234 Å². The minimum Gasteiger partial charge on any atom is -0.507 e. The van der Waals surface area contributed by atoms with E-state index in [2.05, 4.69) is 21.3 Å². The smallest absolute Gasteiger partial charge is 0.251 e. The molecule has 0 spiro atoms. The lowest BCUT2D eigenvalue weighted by Gasteiger charge is -2.28. The highest BCUT2D eigenvalue weighted by Gasteiger charge is 2.31. The van der Waals surface area contributed by atoms with Crippen LogP contribution in [0.2, 0.25) is 5.02 Å². The van der Waals surface area contributed by atoms with E-state index in [0.717, 1.165) is 16.0 Å². The molecule has 17 heteroatoms. The number of aromatic hydroxyl groups is 1. The first-order valence-corrected chi connectivity index (χ1v) is 18.9. The fourth-order valence-electron chi connectivity index (χ4n) is 5.89. The van der Waals surface area contributed by atoms with Crippen molar-refractivity contribution < 1.29 is 42.3 Å². The summed E-state index contributed by atoms with van der Waals surface area (Å²) in [5.41, 5.74) is 3.65. The Balaban J connectivity index is 1.35. The number of nitrogens with two attached hydrogens (primary N) is 1. The molecule has 5 amide bonds. The molecule has 0 aliphatic carbocycles. The van der Waals surface area contributed by atoms with Gasteiger partial charge in [-0.3, -0.25) is 28.8 Å². The minimum atomic E-state index is -4.13. The number of ketones is 1. The lowest BCUT2D eigenvalue weighted by molar-refractivity contribution is -0.139. The van der Waals surface area contributed by atoms with Crippen LogP contribution in [0.15, 0.2) is 91.0 Å². The number of hydrogen-bond donors (Lipinski definition) is 6. The Bertz CT molecular complexity index is 2250. The number of amides is 5. The standard InChI is InChI=1S/C38H37ClN6O9S/c1-45(34(49)20-43-36(50)25-8-6-23(7-9-25)24-10-12-28(39)13-11-24)35-27-4-2-3-26(17-27)30-15-22(5-14-32(30)47)16-31(44-33(48)19-42-38(35)52)37(51)41-18-29(46)21-55(40,53)54/h2-15,17,31,35,47H,16,18-21H2,1H3,(H,41,51)(H,42,52)(H,43,50)(H,44,48)(H2,40,53,54). The molecule has 0 aromatic heterocycles. The highest BCUT2D eigenvalue weighted by Crippen LogP contribution is 2.33. The third-order valence-corrected chi connectivity index (χ3v) is 9.64. The van der Waals surface area contributed by atoms with E-state index in [1.54, 1.807) is 66.7 Å². The molecule has 55 heavy (non-hydrogen) atoms. The Morgan fingerprint density at radius 1 is 0.891 bits per heavy atom. The van der Waals surface area contributed by atoms with Crippen molar-refractivity contribution in [1.29, 1.82) is 0 Å². The summed E-state index contributed by atoms with van der Waals surface area (Å²) in [5, 5.41) is 26.2. The lowest BCUT2D eigenvalue weighted by atomic mass is 9.94. The van der Waals surface area contributed by atoms with Gasteiger partial charge in [0, 0.05) is 29.6 Å². The third kappa shape index (κ3) is 10.7. The van der Waals surface area contributed by atoms with Crippen LogP contribution in [0.1, 0.15) is 27.5 Å². The van der Waals surface area contributed by atoms with Crippen molar-refractivity contribution in [1.82, 2.24) is 26.2 Å². The van der Waals surface area contributed by atoms with Crippen LogP contribution in [-0.2, 0) is 40.4 Å². The number of carbonyl (C=O) groups is 6. The largest absolute Gasteiger partial charge is 0.507 e. The zero-order valence-electron chi connectivity index (χ0n) is 29.4. The van der Waals surface area contributed by atoms with Crippen LogP contribution >= 0.6 is 11.6 Å². The summed E-state index contributed by atoms with van der Waals surface area (Å²) in [7, 11) is -2.76. The monoisotopic (exact) mass is 788 g/mol. The van der Waals surface area contributed by atoms with Crippen LogP contribution in [-0.4, -0.2) is 92.2 Å². The Kier molecular flexibility index (Phi) is 12.7. The second kappa shape index (κ2) is 17.4. The number of likely N-dealkylation sites (N-methyl/N-ethyl adjacent to an activating group) is 1. The number of fused-ring (bicyclic) bond motifs is 5. The molecule has 4 aromatic rings. The number of benzene rings is 4. The second-order valence-electron chi connectivity index (χ2n) is 12.8. The Morgan fingerprint density at radius 3 is 2.24 bits per heavy atom. The van der Waals surface area contributed by atoms with Crippen molar-refractivity contribution in [2.75, 3.05) is 32.4 Å². The van der Waals surface area contributed by atoms with E-state index in [4.69, 9.17) is 16.7 Å². The normalized spacial score (nSPS) is 15.8. The number of rotatable bonds is 10. The number of nitrogens with one attached hydrogen (secondary N) is 4. The van der Waals surface area contributed by atoms with Crippen LogP contribution in [0.4, 0.5) is 0 Å². The zero-order valence-corrected chi connectivity index (χ0v) is 30.9. The molecule has 286 valence electrons. The molecular weight excluding hydrogens is 752 g/mol. The highest BCUT2D eigenvalue weighted by atomic mass is 35.5. The second-order valence-corrected chi connectivity index (χ2v) is 14.8. The van der Waals surface area contributed by atoms with Gasteiger partial charge in [0.15, 0.2) is 5.78 Å². The number of sulfonamides is 1. The number of hydrogen-bond acceptors (Lipinski definition) is 9. The molecule has 4 aromatic carbocycles. The summed E-state index contributed by atoms with van der Waals surface area (Å²) in [5.74, 6) is -5.57. The van der Waals surface area contributed by atoms with Crippen LogP contribution in [0.25, 0.3) is 22.3 Å². The average Bonchev–Trinajstić information content (AvgIpc) is 3.15. The quantitative estimate of drug-likeness (QED) is 0.136. The summed E-state index contributed by atoms with van der Waals surface area (Å²) >= 11 is 5.98. The molecule has 0 fully saturated rings. The van der Waals surface area contributed by atoms with E-state index >= 15 is 0 Å². The summed E-state index contributed by atoms with van der Waals surface area (Å²) in [6.07, 6.45) is -0.111. The van der Waals surface area contributed by atoms with Gasteiger partial charge >= 0.3 is 0 Å². The van der Waals surface area contributed by atoms with Crippen LogP contribution < -0.4 is 26.4 Å². The molecule has 0 saturated carbocycles. The molecule has 1 aliphatic heterocycles. The molecule has 2 unspecified atom stereocenters. The molecule has 2 atom stereocenters. The van der Waals surface area contributed by atoms with Crippen LogP contribution in [0.3, 0.4) is 0 Å². The molecule has 0 saturated heterocycles. The van der Waals surface area contributed by atoms with Crippen molar-refractivity contribution in [2.45, 2.75) is 18.5 Å². The number of carbonyl (C=O) groups excluding carboxylic acids is 6. The van der Waals surface area contributed by atoms with Gasteiger partial charge in [0.25, 0.3) is 5.91 Å². The van der Waals surface area contributed by atoms with Crippen molar-refractivity contribution in [3.05, 3.63) is 113 Å². The van der Waals surface area contributed by atoms with Gasteiger partial charge < -0.3 is 31.3 Å². The Hall–Kier alpha value is -6.10. The molecular formula is C38H37ClN6O9S. The van der Waals surface area contributed by atoms with Gasteiger partial charge in [-0.25, -0.2) is 13.6 Å². The third-order valence-electron chi connectivity index (χ3n) is 8.66. The molecule has 4 bridgehead atoms. The van der Waals surface area contributed by atoms with E-state index in [-0.39, 0.29) is 12.2 Å². The number of primary sulfonamides is 1. The first kappa shape index (κ1) is 40.1. The Morgan fingerprint density at radius 2 is 1.56 bits per heavy atom. The first-order chi connectivity index (χ1) is 26.1. The average molecular weight is 789 g/mol. The van der Waals surface area contributed by atoms with Gasteiger partial charge in [0.05, 0.1) is 19.6 Å². The fourth-order valence-corrected chi connectivity index (χ4v) is 6.57. The van der Waals surface area contributed by atoms with E-state index in [1.807, 2.05) is 12.1 Å². The van der Waals surface area contributed by atoms with E-state index < -0.39 is 82.8 Å². The van der Waals surface area contributed by atoms with Crippen molar-refractivity contribution in [3.8, 4) is 28.0 Å².